The monoisotopic (exact) mass is 259 g/mol. The van der Waals surface area contributed by atoms with Gasteiger partial charge >= 0.3 is 0 Å². The molecule has 0 aliphatic rings. The number of hydrogen-bond donors (Lipinski definition) is 2. The summed E-state index contributed by atoms with van der Waals surface area (Å²) in [5, 5.41) is 12.6. The number of aromatic nitrogens is 2. The van der Waals surface area contributed by atoms with Crippen LogP contribution in [0.5, 0.6) is 0 Å². The Kier molecular flexibility index (Phi) is 4.45. The van der Waals surface area contributed by atoms with Crippen molar-refractivity contribution in [2.45, 2.75) is 38.8 Å². The normalized spacial score (nSPS) is 14.5. The second kappa shape index (κ2) is 6.08. The predicted octanol–water partition coefficient (Wildman–Crippen LogP) is 2.27. The molecule has 0 spiro atoms. The van der Waals surface area contributed by atoms with Gasteiger partial charge in [-0.2, -0.15) is 0 Å². The van der Waals surface area contributed by atoms with Gasteiger partial charge in [-0.05, 0) is 31.9 Å². The Labute approximate surface area is 113 Å². The highest BCUT2D eigenvalue weighted by molar-refractivity contribution is 5.73. The minimum absolute atomic E-state index is 0.0535. The molecule has 0 radical (unpaired) electrons. The molecule has 0 aliphatic carbocycles. The van der Waals surface area contributed by atoms with Crippen LogP contribution in [0.1, 0.15) is 32.4 Å². The smallest absolute Gasteiger partial charge is 0.0890 e. The van der Waals surface area contributed by atoms with E-state index in [0.717, 1.165) is 29.6 Å². The van der Waals surface area contributed by atoms with E-state index >= 15 is 0 Å². The van der Waals surface area contributed by atoms with Gasteiger partial charge in [0.1, 0.15) is 0 Å². The summed E-state index contributed by atoms with van der Waals surface area (Å²) in [6.45, 7) is 5.11. The maximum Gasteiger partial charge on any atom is 0.0890 e. The molecule has 19 heavy (non-hydrogen) atoms. The molecule has 0 bridgehead atoms. The lowest BCUT2D eigenvalue weighted by molar-refractivity contribution is 0.214. The lowest BCUT2D eigenvalue weighted by Gasteiger charge is -2.29. The van der Waals surface area contributed by atoms with E-state index in [0.29, 0.717) is 6.54 Å². The third-order valence-electron chi connectivity index (χ3n) is 3.64. The van der Waals surface area contributed by atoms with E-state index < -0.39 is 0 Å². The summed E-state index contributed by atoms with van der Waals surface area (Å²) in [7, 11) is 0. The molecule has 1 aromatic carbocycles. The van der Waals surface area contributed by atoms with Crippen molar-refractivity contribution in [2.75, 3.05) is 6.61 Å². The standard InChI is InChI=1S/C15H21N3O/c1-3-15(2,8-9-19)17-11-12-10-16-13-6-4-5-7-14(13)18-12/h4-7,10,17,19H,3,8-9,11H2,1-2H3. The van der Waals surface area contributed by atoms with Gasteiger partial charge in [-0.1, -0.05) is 19.1 Å². The van der Waals surface area contributed by atoms with Crippen LogP contribution in [-0.2, 0) is 6.54 Å². The second-order valence-electron chi connectivity index (χ2n) is 5.09. The van der Waals surface area contributed by atoms with Crippen LogP contribution < -0.4 is 5.32 Å². The summed E-state index contributed by atoms with van der Waals surface area (Å²) in [5.74, 6) is 0. The van der Waals surface area contributed by atoms with Crippen molar-refractivity contribution in [3.8, 4) is 0 Å². The number of aliphatic hydroxyl groups excluding tert-OH is 1. The van der Waals surface area contributed by atoms with Gasteiger partial charge in [0.15, 0.2) is 0 Å². The molecule has 0 saturated heterocycles. The van der Waals surface area contributed by atoms with Crippen molar-refractivity contribution < 1.29 is 5.11 Å². The number of rotatable bonds is 6. The highest BCUT2D eigenvalue weighted by Gasteiger charge is 2.20. The SMILES string of the molecule is CCC(C)(CCO)NCc1cnc2ccccc2n1. The molecule has 1 heterocycles. The summed E-state index contributed by atoms with van der Waals surface area (Å²) < 4.78 is 0. The topological polar surface area (TPSA) is 58.0 Å². The van der Waals surface area contributed by atoms with Gasteiger partial charge in [0.2, 0.25) is 0 Å². The van der Waals surface area contributed by atoms with Gasteiger partial charge in [0.25, 0.3) is 0 Å². The van der Waals surface area contributed by atoms with E-state index in [1.807, 2.05) is 30.5 Å². The first kappa shape index (κ1) is 13.9. The summed E-state index contributed by atoms with van der Waals surface area (Å²) in [5.41, 5.74) is 2.71. The van der Waals surface area contributed by atoms with E-state index in [2.05, 4.69) is 29.1 Å². The van der Waals surface area contributed by atoms with Gasteiger partial charge in [0, 0.05) is 18.7 Å². The molecule has 1 aromatic heterocycles. The number of nitrogens with zero attached hydrogens (tertiary/aromatic N) is 2. The molecule has 4 heteroatoms. The molecule has 4 nitrogen and oxygen atoms in total. The first-order valence-electron chi connectivity index (χ1n) is 6.73. The highest BCUT2D eigenvalue weighted by Crippen LogP contribution is 2.15. The maximum absolute atomic E-state index is 9.10. The van der Waals surface area contributed by atoms with Crippen molar-refractivity contribution in [2.24, 2.45) is 0 Å². The van der Waals surface area contributed by atoms with Crippen LogP contribution in [-0.4, -0.2) is 27.2 Å². The Morgan fingerprint density at radius 3 is 2.68 bits per heavy atom. The Bertz CT molecular complexity index is 544. The highest BCUT2D eigenvalue weighted by atomic mass is 16.3. The van der Waals surface area contributed by atoms with Gasteiger partial charge < -0.3 is 10.4 Å². The van der Waals surface area contributed by atoms with E-state index in [-0.39, 0.29) is 12.1 Å². The number of para-hydroxylation sites is 2. The van der Waals surface area contributed by atoms with Crippen molar-refractivity contribution in [1.82, 2.24) is 15.3 Å². The molecule has 1 atom stereocenters. The molecule has 2 rings (SSSR count). The fourth-order valence-electron chi connectivity index (χ4n) is 2.02. The quantitative estimate of drug-likeness (QED) is 0.835. The molecule has 0 aliphatic heterocycles. The van der Waals surface area contributed by atoms with Crippen LogP contribution in [0.4, 0.5) is 0 Å². The van der Waals surface area contributed by atoms with Crippen molar-refractivity contribution in [3.63, 3.8) is 0 Å². The summed E-state index contributed by atoms with van der Waals surface area (Å²) in [6, 6.07) is 7.86. The van der Waals surface area contributed by atoms with Crippen molar-refractivity contribution in [3.05, 3.63) is 36.2 Å². The lowest BCUT2D eigenvalue weighted by Crippen LogP contribution is -2.42. The molecule has 0 fully saturated rings. The fourth-order valence-corrected chi connectivity index (χ4v) is 2.02. The van der Waals surface area contributed by atoms with Crippen molar-refractivity contribution in [1.29, 1.82) is 0 Å². The summed E-state index contributed by atoms with van der Waals surface area (Å²) in [6.07, 6.45) is 3.52. The first-order chi connectivity index (χ1) is 9.17. The van der Waals surface area contributed by atoms with Crippen LogP contribution in [0.15, 0.2) is 30.5 Å². The minimum Gasteiger partial charge on any atom is -0.396 e. The van der Waals surface area contributed by atoms with Gasteiger partial charge in [-0.25, -0.2) is 4.98 Å². The lowest BCUT2D eigenvalue weighted by atomic mass is 9.95. The van der Waals surface area contributed by atoms with Crippen LogP contribution in [0.3, 0.4) is 0 Å². The minimum atomic E-state index is -0.0535. The molecule has 2 N–H and O–H groups in total. The predicted molar refractivity (Wildman–Crippen MR) is 76.8 cm³/mol. The van der Waals surface area contributed by atoms with Gasteiger partial charge in [0.05, 0.1) is 22.9 Å². The Morgan fingerprint density at radius 1 is 1.26 bits per heavy atom. The van der Waals surface area contributed by atoms with Crippen LogP contribution in [0.25, 0.3) is 11.0 Å². The van der Waals surface area contributed by atoms with Crippen LogP contribution >= 0.6 is 0 Å². The number of benzene rings is 1. The maximum atomic E-state index is 9.10. The van der Waals surface area contributed by atoms with E-state index in [9.17, 15) is 0 Å². The number of fused-ring (bicyclic) bond motifs is 1. The van der Waals surface area contributed by atoms with Crippen LogP contribution in [0, 0.1) is 0 Å². The Hall–Kier alpha value is -1.52. The molecular weight excluding hydrogens is 238 g/mol. The summed E-state index contributed by atoms with van der Waals surface area (Å²) >= 11 is 0. The molecule has 0 saturated carbocycles. The molecular formula is C15H21N3O. The largest absolute Gasteiger partial charge is 0.396 e. The zero-order valence-electron chi connectivity index (χ0n) is 11.6. The Morgan fingerprint density at radius 2 is 2.00 bits per heavy atom. The van der Waals surface area contributed by atoms with Gasteiger partial charge in [-0.3, -0.25) is 4.98 Å². The zero-order chi connectivity index (χ0) is 13.7. The Balaban J connectivity index is 2.09. The van der Waals surface area contributed by atoms with Crippen LogP contribution in [0.2, 0.25) is 0 Å². The third kappa shape index (κ3) is 3.49. The van der Waals surface area contributed by atoms with E-state index in [1.54, 1.807) is 0 Å². The number of hydrogen-bond acceptors (Lipinski definition) is 4. The average molecular weight is 259 g/mol. The number of aliphatic hydroxyl groups is 1. The first-order valence-corrected chi connectivity index (χ1v) is 6.73. The molecule has 0 amide bonds. The van der Waals surface area contributed by atoms with E-state index in [4.69, 9.17) is 5.11 Å². The second-order valence-corrected chi connectivity index (χ2v) is 5.09. The molecule has 1 unspecified atom stereocenters. The average Bonchev–Trinajstić information content (AvgIpc) is 2.45. The third-order valence-corrected chi connectivity index (χ3v) is 3.64. The molecule has 2 aromatic rings. The number of nitrogens with one attached hydrogen (secondary N) is 1. The van der Waals surface area contributed by atoms with E-state index in [1.165, 1.54) is 0 Å². The fraction of sp³-hybridized carbons (Fsp3) is 0.467. The molecule has 102 valence electrons. The zero-order valence-corrected chi connectivity index (χ0v) is 11.6. The van der Waals surface area contributed by atoms with Gasteiger partial charge in [-0.15, -0.1) is 0 Å². The summed E-state index contributed by atoms with van der Waals surface area (Å²) in [4.78, 5) is 8.99. The van der Waals surface area contributed by atoms with Crippen molar-refractivity contribution >= 4 is 11.0 Å².